The first-order valence-electron chi connectivity index (χ1n) is 5.61. The molecule has 82 valence electrons. The highest BCUT2D eigenvalue weighted by Gasteiger charge is 2.26. The van der Waals surface area contributed by atoms with Gasteiger partial charge in [0.15, 0.2) is 0 Å². The standard InChI is InChI=1S/C10H20N2O2/c13-9(11-5-6-11)3-1-2-4-10(14)12-7-8-12/h9-10,13-14H,1-8H2. The zero-order chi connectivity index (χ0) is 9.97. The molecule has 2 atom stereocenters. The Bertz CT molecular complexity index is 161. The van der Waals surface area contributed by atoms with Crippen LogP contribution >= 0.6 is 0 Å². The summed E-state index contributed by atoms with van der Waals surface area (Å²) in [6.45, 7) is 4.21. The summed E-state index contributed by atoms with van der Waals surface area (Å²) in [7, 11) is 0. The van der Waals surface area contributed by atoms with Gasteiger partial charge in [0, 0.05) is 26.2 Å². The van der Waals surface area contributed by atoms with Gasteiger partial charge in [-0.25, -0.2) is 0 Å². The molecule has 2 fully saturated rings. The average molecular weight is 200 g/mol. The third-order valence-electron chi connectivity index (χ3n) is 2.98. The fraction of sp³-hybridized carbons (Fsp3) is 1.00. The number of nitrogens with zero attached hydrogens (tertiary/aromatic N) is 2. The summed E-state index contributed by atoms with van der Waals surface area (Å²) >= 11 is 0. The number of aliphatic hydroxyl groups excluding tert-OH is 2. The summed E-state index contributed by atoms with van der Waals surface area (Å²) in [5.74, 6) is 0. The predicted molar refractivity (Wildman–Crippen MR) is 53.6 cm³/mol. The van der Waals surface area contributed by atoms with E-state index < -0.39 is 0 Å². The second-order valence-electron chi connectivity index (χ2n) is 4.32. The maximum Gasteiger partial charge on any atom is 0.107 e. The maximum absolute atomic E-state index is 9.53. The van der Waals surface area contributed by atoms with Gasteiger partial charge in [0.25, 0.3) is 0 Å². The van der Waals surface area contributed by atoms with Crippen molar-refractivity contribution in [2.45, 2.75) is 38.1 Å². The molecule has 2 heterocycles. The second kappa shape index (κ2) is 4.57. The number of hydrogen-bond donors (Lipinski definition) is 2. The van der Waals surface area contributed by atoms with Crippen molar-refractivity contribution >= 4 is 0 Å². The fourth-order valence-corrected chi connectivity index (χ4v) is 1.73. The normalized spacial score (nSPS) is 26.1. The Kier molecular flexibility index (Phi) is 3.38. The van der Waals surface area contributed by atoms with E-state index in [0.717, 1.165) is 51.9 Å². The van der Waals surface area contributed by atoms with E-state index in [2.05, 4.69) is 9.80 Å². The monoisotopic (exact) mass is 200 g/mol. The molecule has 0 aromatic rings. The molecule has 2 aliphatic rings. The Morgan fingerprint density at radius 2 is 1.14 bits per heavy atom. The summed E-state index contributed by atoms with van der Waals surface area (Å²) in [6.07, 6.45) is 3.28. The lowest BCUT2D eigenvalue weighted by atomic mass is 10.1. The first kappa shape index (κ1) is 10.4. The smallest absolute Gasteiger partial charge is 0.107 e. The van der Waals surface area contributed by atoms with Crippen molar-refractivity contribution in [2.75, 3.05) is 26.2 Å². The second-order valence-corrected chi connectivity index (χ2v) is 4.32. The van der Waals surface area contributed by atoms with Crippen LogP contribution < -0.4 is 0 Å². The Morgan fingerprint density at radius 1 is 0.786 bits per heavy atom. The molecule has 4 heteroatoms. The van der Waals surface area contributed by atoms with Crippen LogP contribution in [0.1, 0.15) is 25.7 Å². The molecule has 0 aromatic carbocycles. The topological polar surface area (TPSA) is 46.5 Å². The van der Waals surface area contributed by atoms with Crippen molar-refractivity contribution in [1.82, 2.24) is 9.80 Å². The third kappa shape index (κ3) is 3.20. The van der Waals surface area contributed by atoms with Crippen molar-refractivity contribution in [2.24, 2.45) is 0 Å². The molecule has 0 aromatic heterocycles. The Labute approximate surface area is 85.1 Å². The van der Waals surface area contributed by atoms with Crippen LogP contribution in [0.5, 0.6) is 0 Å². The largest absolute Gasteiger partial charge is 0.378 e. The van der Waals surface area contributed by atoms with Gasteiger partial charge >= 0.3 is 0 Å². The molecule has 0 aliphatic carbocycles. The van der Waals surface area contributed by atoms with E-state index in [1.807, 2.05) is 0 Å². The first-order valence-corrected chi connectivity index (χ1v) is 5.61. The molecule has 2 N–H and O–H groups in total. The lowest BCUT2D eigenvalue weighted by Gasteiger charge is -2.13. The van der Waals surface area contributed by atoms with Crippen LogP contribution in [0.2, 0.25) is 0 Å². The molecular formula is C10H20N2O2. The van der Waals surface area contributed by atoms with Crippen LogP contribution in [-0.2, 0) is 0 Å². The van der Waals surface area contributed by atoms with E-state index in [0.29, 0.717) is 0 Å². The van der Waals surface area contributed by atoms with Gasteiger partial charge < -0.3 is 10.2 Å². The molecule has 0 amide bonds. The summed E-state index contributed by atoms with van der Waals surface area (Å²) < 4.78 is 0. The van der Waals surface area contributed by atoms with Gasteiger partial charge in [0.05, 0.1) is 0 Å². The van der Waals surface area contributed by atoms with Crippen LogP contribution in [0, 0.1) is 0 Å². The number of unbranched alkanes of at least 4 members (excludes halogenated alkanes) is 1. The molecule has 14 heavy (non-hydrogen) atoms. The van der Waals surface area contributed by atoms with Gasteiger partial charge in [-0.3, -0.25) is 9.80 Å². The summed E-state index contributed by atoms with van der Waals surface area (Å²) in [6, 6.07) is 0. The minimum atomic E-state index is -0.228. The highest BCUT2D eigenvalue weighted by molar-refractivity contribution is 4.77. The predicted octanol–water partition coefficient (Wildman–Crippen LogP) is -0.185. The summed E-state index contributed by atoms with van der Waals surface area (Å²) in [4.78, 5) is 4.11. The lowest BCUT2D eigenvalue weighted by Crippen LogP contribution is -2.19. The zero-order valence-corrected chi connectivity index (χ0v) is 8.60. The number of aliphatic hydroxyl groups is 2. The maximum atomic E-state index is 9.53. The minimum absolute atomic E-state index is 0.228. The summed E-state index contributed by atoms with van der Waals surface area (Å²) in [5, 5.41) is 19.1. The fourth-order valence-electron chi connectivity index (χ4n) is 1.73. The first-order chi connectivity index (χ1) is 6.77. The van der Waals surface area contributed by atoms with Gasteiger partial charge in [0.2, 0.25) is 0 Å². The van der Waals surface area contributed by atoms with E-state index in [1.54, 1.807) is 0 Å². The van der Waals surface area contributed by atoms with Gasteiger partial charge in [-0.15, -0.1) is 0 Å². The van der Waals surface area contributed by atoms with Crippen LogP contribution in [0.15, 0.2) is 0 Å². The molecule has 0 spiro atoms. The van der Waals surface area contributed by atoms with Crippen molar-refractivity contribution < 1.29 is 10.2 Å². The number of rotatable bonds is 7. The van der Waals surface area contributed by atoms with Crippen molar-refractivity contribution in [3.05, 3.63) is 0 Å². The van der Waals surface area contributed by atoms with Gasteiger partial charge in [0.1, 0.15) is 12.5 Å². The zero-order valence-electron chi connectivity index (χ0n) is 8.60. The van der Waals surface area contributed by atoms with E-state index in [-0.39, 0.29) is 12.5 Å². The van der Waals surface area contributed by atoms with Gasteiger partial charge in [-0.1, -0.05) is 0 Å². The van der Waals surface area contributed by atoms with Crippen molar-refractivity contribution in [3.63, 3.8) is 0 Å². The van der Waals surface area contributed by atoms with Crippen LogP contribution in [0.3, 0.4) is 0 Å². The average Bonchev–Trinajstić information content (AvgIpc) is 3.06. The molecule has 0 bridgehead atoms. The summed E-state index contributed by atoms with van der Waals surface area (Å²) in [5.41, 5.74) is 0. The van der Waals surface area contributed by atoms with Crippen LogP contribution in [0.4, 0.5) is 0 Å². The van der Waals surface area contributed by atoms with E-state index in [4.69, 9.17) is 0 Å². The quantitative estimate of drug-likeness (QED) is 0.442. The van der Waals surface area contributed by atoms with Crippen LogP contribution in [-0.4, -0.2) is 58.6 Å². The highest BCUT2D eigenvalue weighted by atomic mass is 16.3. The van der Waals surface area contributed by atoms with Gasteiger partial charge in [-0.2, -0.15) is 0 Å². The molecule has 2 rings (SSSR count). The highest BCUT2D eigenvalue weighted by Crippen LogP contribution is 2.17. The Balaban J connectivity index is 1.45. The molecule has 2 aliphatic heterocycles. The molecule has 0 saturated carbocycles. The molecule has 2 unspecified atom stereocenters. The Morgan fingerprint density at radius 3 is 1.43 bits per heavy atom. The van der Waals surface area contributed by atoms with Crippen LogP contribution in [0.25, 0.3) is 0 Å². The molecule has 0 radical (unpaired) electrons. The van der Waals surface area contributed by atoms with Crippen molar-refractivity contribution in [1.29, 1.82) is 0 Å². The lowest BCUT2D eigenvalue weighted by molar-refractivity contribution is 0.0561. The van der Waals surface area contributed by atoms with E-state index in [1.165, 1.54) is 0 Å². The molecule has 4 nitrogen and oxygen atoms in total. The van der Waals surface area contributed by atoms with Crippen molar-refractivity contribution in [3.8, 4) is 0 Å². The molecule has 2 saturated heterocycles. The third-order valence-corrected chi connectivity index (χ3v) is 2.98. The number of hydrogen-bond acceptors (Lipinski definition) is 4. The molecular weight excluding hydrogens is 180 g/mol. The SMILES string of the molecule is OC(CCCCC(O)N1CC1)N1CC1. The Hall–Kier alpha value is -0.160. The van der Waals surface area contributed by atoms with Gasteiger partial charge in [-0.05, 0) is 25.7 Å². The van der Waals surface area contributed by atoms with E-state index in [9.17, 15) is 10.2 Å². The van der Waals surface area contributed by atoms with E-state index >= 15 is 0 Å². The minimum Gasteiger partial charge on any atom is -0.378 e.